The third-order valence-corrected chi connectivity index (χ3v) is 3.38. The van der Waals surface area contributed by atoms with Crippen molar-refractivity contribution in [3.05, 3.63) is 29.8 Å². The zero-order valence-corrected chi connectivity index (χ0v) is 11.0. The molecular formula is C13H16N2O2S. The number of rotatable bonds is 3. The van der Waals surface area contributed by atoms with Gasteiger partial charge in [-0.05, 0) is 17.7 Å². The van der Waals surface area contributed by atoms with Crippen LogP contribution >= 0.6 is 11.8 Å². The quantitative estimate of drug-likeness (QED) is 0.650. The first kappa shape index (κ1) is 12.8. The Labute approximate surface area is 111 Å². The van der Waals surface area contributed by atoms with E-state index in [4.69, 9.17) is 20.6 Å². The third kappa shape index (κ3) is 2.98. The van der Waals surface area contributed by atoms with Crippen molar-refractivity contribution in [1.82, 2.24) is 0 Å². The van der Waals surface area contributed by atoms with Crippen molar-refractivity contribution in [3.8, 4) is 11.5 Å². The van der Waals surface area contributed by atoms with Gasteiger partial charge in [0.2, 0.25) is 0 Å². The summed E-state index contributed by atoms with van der Waals surface area (Å²) in [5, 5.41) is 7.33. The van der Waals surface area contributed by atoms with Crippen molar-refractivity contribution >= 4 is 22.5 Å². The van der Waals surface area contributed by atoms with Crippen LogP contribution in [0.1, 0.15) is 12.0 Å². The minimum Gasteiger partial charge on any atom is -0.497 e. The number of benzene rings is 1. The highest BCUT2D eigenvalue weighted by Gasteiger charge is 2.15. The van der Waals surface area contributed by atoms with Crippen LogP contribution in [-0.4, -0.2) is 24.6 Å². The highest BCUT2D eigenvalue weighted by atomic mass is 32.2. The van der Waals surface area contributed by atoms with Crippen molar-refractivity contribution in [1.29, 1.82) is 5.41 Å². The smallest absolute Gasteiger partial charge is 0.151 e. The number of fused-ring (bicyclic) bond motifs is 1. The number of ether oxygens (including phenoxy) is 2. The Morgan fingerprint density at radius 2 is 2.44 bits per heavy atom. The molecule has 1 aliphatic rings. The number of amidine groups is 1. The zero-order chi connectivity index (χ0) is 13.0. The van der Waals surface area contributed by atoms with Crippen molar-refractivity contribution in [2.45, 2.75) is 6.42 Å². The van der Waals surface area contributed by atoms with E-state index in [1.807, 2.05) is 18.2 Å². The molecule has 3 N–H and O–H groups in total. The second-order valence-electron chi connectivity index (χ2n) is 3.87. The summed E-state index contributed by atoms with van der Waals surface area (Å²) in [4.78, 5) is 0. The standard InChI is InChI=1S/C13H16N2O2S/c1-16-10-2-3-11-9(5-7-18-13(14)15)4-6-17-12(11)8-10/h2-3,5,8H,4,6-7H2,1H3,(H3,14,15)/b9-5+. The molecule has 0 saturated carbocycles. The lowest BCUT2D eigenvalue weighted by atomic mass is 9.99. The molecule has 0 radical (unpaired) electrons. The Hall–Kier alpha value is -1.62. The van der Waals surface area contributed by atoms with Crippen LogP contribution in [0.3, 0.4) is 0 Å². The van der Waals surface area contributed by atoms with Crippen LogP contribution in [0.5, 0.6) is 11.5 Å². The summed E-state index contributed by atoms with van der Waals surface area (Å²) >= 11 is 1.33. The second kappa shape index (κ2) is 5.82. The lowest BCUT2D eigenvalue weighted by molar-refractivity contribution is 0.313. The fourth-order valence-corrected chi connectivity index (χ4v) is 2.33. The van der Waals surface area contributed by atoms with Gasteiger partial charge in [0.05, 0.1) is 13.7 Å². The van der Waals surface area contributed by atoms with Crippen molar-refractivity contribution in [2.75, 3.05) is 19.5 Å². The molecule has 0 bridgehead atoms. The van der Waals surface area contributed by atoms with E-state index in [2.05, 4.69) is 6.08 Å². The Bertz CT molecular complexity index is 486. The van der Waals surface area contributed by atoms with Gasteiger partial charge in [-0.3, -0.25) is 5.41 Å². The van der Waals surface area contributed by atoms with E-state index in [0.717, 1.165) is 29.2 Å². The second-order valence-corrected chi connectivity index (χ2v) is 4.93. The Morgan fingerprint density at radius 1 is 1.61 bits per heavy atom. The third-order valence-electron chi connectivity index (χ3n) is 2.73. The maximum Gasteiger partial charge on any atom is 0.151 e. The van der Waals surface area contributed by atoms with Gasteiger partial charge in [-0.15, -0.1) is 0 Å². The first-order valence-corrected chi connectivity index (χ1v) is 6.66. The first-order valence-electron chi connectivity index (χ1n) is 5.68. The lowest BCUT2D eigenvalue weighted by Crippen LogP contribution is -2.08. The number of methoxy groups -OCH3 is 1. The van der Waals surface area contributed by atoms with Crippen LogP contribution in [-0.2, 0) is 0 Å². The highest BCUT2D eigenvalue weighted by molar-refractivity contribution is 8.13. The molecule has 5 heteroatoms. The van der Waals surface area contributed by atoms with E-state index in [0.29, 0.717) is 6.61 Å². The van der Waals surface area contributed by atoms with Gasteiger partial charge in [0.25, 0.3) is 0 Å². The molecule has 0 saturated heterocycles. The SMILES string of the molecule is COc1ccc2c(c1)OCC/C2=C\CSC(=N)N. The number of hydrogen-bond donors (Lipinski definition) is 2. The normalized spacial score (nSPS) is 15.9. The molecule has 18 heavy (non-hydrogen) atoms. The summed E-state index contributed by atoms with van der Waals surface area (Å²) in [6.07, 6.45) is 3.00. The molecular weight excluding hydrogens is 248 g/mol. The molecule has 1 aromatic carbocycles. The van der Waals surface area contributed by atoms with Gasteiger partial charge in [-0.1, -0.05) is 17.8 Å². The van der Waals surface area contributed by atoms with E-state index in [9.17, 15) is 0 Å². The van der Waals surface area contributed by atoms with Crippen molar-refractivity contribution in [2.24, 2.45) is 5.73 Å². The Balaban J connectivity index is 2.19. The summed E-state index contributed by atoms with van der Waals surface area (Å²) in [6.45, 7) is 0.677. The number of nitrogens with one attached hydrogen (secondary N) is 1. The van der Waals surface area contributed by atoms with E-state index >= 15 is 0 Å². The van der Waals surface area contributed by atoms with Gasteiger partial charge in [-0.2, -0.15) is 0 Å². The predicted octanol–water partition coefficient (Wildman–Crippen LogP) is 2.49. The largest absolute Gasteiger partial charge is 0.497 e. The molecule has 0 aromatic heterocycles. The van der Waals surface area contributed by atoms with Gasteiger partial charge in [0.1, 0.15) is 11.5 Å². The first-order chi connectivity index (χ1) is 8.70. The zero-order valence-electron chi connectivity index (χ0n) is 10.2. The van der Waals surface area contributed by atoms with Crippen molar-refractivity contribution in [3.63, 3.8) is 0 Å². The number of hydrogen-bond acceptors (Lipinski definition) is 4. The molecule has 1 aromatic rings. The molecule has 4 nitrogen and oxygen atoms in total. The van der Waals surface area contributed by atoms with Crippen LogP contribution in [0, 0.1) is 5.41 Å². The molecule has 96 valence electrons. The van der Waals surface area contributed by atoms with E-state index in [1.165, 1.54) is 17.3 Å². The van der Waals surface area contributed by atoms with E-state index < -0.39 is 0 Å². The maximum absolute atomic E-state index is 7.18. The molecule has 0 spiro atoms. The molecule has 0 amide bonds. The summed E-state index contributed by atoms with van der Waals surface area (Å²) < 4.78 is 10.8. The Morgan fingerprint density at radius 3 is 3.17 bits per heavy atom. The molecule has 1 heterocycles. The van der Waals surface area contributed by atoms with Crippen LogP contribution in [0.15, 0.2) is 24.3 Å². The summed E-state index contributed by atoms with van der Waals surface area (Å²) in [6, 6.07) is 5.84. The minimum atomic E-state index is 0.147. The van der Waals surface area contributed by atoms with Crippen LogP contribution < -0.4 is 15.2 Å². The Kier molecular flexibility index (Phi) is 4.15. The van der Waals surface area contributed by atoms with Crippen LogP contribution in [0.2, 0.25) is 0 Å². The lowest BCUT2D eigenvalue weighted by Gasteiger charge is -2.20. The monoisotopic (exact) mass is 264 g/mol. The van der Waals surface area contributed by atoms with E-state index in [-0.39, 0.29) is 5.17 Å². The highest BCUT2D eigenvalue weighted by Crippen LogP contribution is 2.35. The maximum atomic E-state index is 7.18. The molecule has 0 unspecified atom stereocenters. The summed E-state index contributed by atoms with van der Waals surface area (Å²) in [5.74, 6) is 2.38. The van der Waals surface area contributed by atoms with Gasteiger partial charge in [-0.25, -0.2) is 0 Å². The van der Waals surface area contributed by atoms with Crippen molar-refractivity contribution < 1.29 is 9.47 Å². The minimum absolute atomic E-state index is 0.147. The predicted molar refractivity (Wildman–Crippen MR) is 75.5 cm³/mol. The van der Waals surface area contributed by atoms with Crippen LogP contribution in [0.4, 0.5) is 0 Å². The molecule has 0 atom stereocenters. The fourth-order valence-electron chi connectivity index (χ4n) is 1.86. The molecule has 0 aliphatic carbocycles. The molecule has 1 aliphatic heterocycles. The average molecular weight is 264 g/mol. The topological polar surface area (TPSA) is 68.3 Å². The fraction of sp³-hybridized carbons (Fsp3) is 0.308. The number of nitrogens with two attached hydrogens (primary N) is 1. The number of thioether (sulfide) groups is 1. The van der Waals surface area contributed by atoms with Gasteiger partial charge >= 0.3 is 0 Å². The average Bonchev–Trinajstić information content (AvgIpc) is 2.38. The van der Waals surface area contributed by atoms with Gasteiger partial charge < -0.3 is 15.2 Å². The summed E-state index contributed by atoms with van der Waals surface area (Å²) in [5.41, 5.74) is 7.66. The molecule has 2 rings (SSSR count). The molecule has 0 fully saturated rings. The van der Waals surface area contributed by atoms with Gasteiger partial charge in [0.15, 0.2) is 5.17 Å². The van der Waals surface area contributed by atoms with Gasteiger partial charge in [0, 0.05) is 23.8 Å². The van der Waals surface area contributed by atoms with Crippen LogP contribution in [0.25, 0.3) is 5.57 Å². The van der Waals surface area contributed by atoms with E-state index in [1.54, 1.807) is 7.11 Å². The summed E-state index contributed by atoms with van der Waals surface area (Å²) in [7, 11) is 1.64.